The van der Waals surface area contributed by atoms with E-state index in [2.05, 4.69) is 10.5 Å². The van der Waals surface area contributed by atoms with Crippen LogP contribution in [-0.2, 0) is 6.61 Å². The molecule has 0 atom stereocenters. The highest BCUT2D eigenvalue weighted by atomic mass is 19.1. The first kappa shape index (κ1) is 21.5. The van der Waals surface area contributed by atoms with Gasteiger partial charge in [0.05, 0.1) is 24.5 Å². The summed E-state index contributed by atoms with van der Waals surface area (Å²) in [6, 6.07) is 17.1. The van der Waals surface area contributed by atoms with Crippen LogP contribution < -0.4 is 14.9 Å². The molecule has 0 fully saturated rings. The minimum absolute atomic E-state index is 0.0997. The number of hydrogen-bond donors (Lipinski definition) is 2. The number of hydrogen-bond acceptors (Lipinski definition) is 5. The molecule has 0 unspecified atom stereocenters. The van der Waals surface area contributed by atoms with Crippen molar-refractivity contribution >= 4 is 18.1 Å². The van der Waals surface area contributed by atoms with Gasteiger partial charge in [-0.2, -0.15) is 5.10 Å². The molecule has 0 aliphatic carbocycles. The molecule has 31 heavy (non-hydrogen) atoms. The van der Waals surface area contributed by atoms with Gasteiger partial charge >= 0.3 is 5.97 Å². The predicted molar refractivity (Wildman–Crippen MR) is 112 cm³/mol. The van der Waals surface area contributed by atoms with Crippen LogP contribution in [-0.4, -0.2) is 30.3 Å². The Morgan fingerprint density at radius 1 is 1.06 bits per heavy atom. The molecule has 0 radical (unpaired) electrons. The summed E-state index contributed by atoms with van der Waals surface area (Å²) in [5.41, 5.74) is 3.81. The number of carbonyl (C=O) groups is 2. The van der Waals surface area contributed by atoms with Crippen molar-refractivity contribution in [3.8, 4) is 11.5 Å². The molecule has 3 aromatic rings. The third-order valence-corrected chi connectivity index (χ3v) is 4.28. The fourth-order valence-corrected chi connectivity index (χ4v) is 2.66. The summed E-state index contributed by atoms with van der Waals surface area (Å²) in [6.45, 7) is 0.225. The average Bonchev–Trinajstić information content (AvgIpc) is 2.78. The number of carboxylic acid groups (broad SMARTS) is 1. The lowest BCUT2D eigenvalue weighted by Gasteiger charge is -2.11. The van der Waals surface area contributed by atoms with E-state index in [1.54, 1.807) is 36.4 Å². The molecule has 0 aromatic heterocycles. The Kier molecular flexibility index (Phi) is 6.95. The van der Waals surface area contributed by atoms with Gasteiger partial charge in [0, 0.05) is 0 Å². The van der Waals surface area contributed by atoms with Crippen LogP contribution in [0.2, 0.25) is 0 Å². The first-order valence-corrected chi connectivity index (χ1v) is 9.19. The topological polar surface area (TPSA) is 97.2 Å². The van der Waals surface area contributed by atoms with Crippen molar-refractivity contribution in [3.63, 3.8) is 0 Å². The van der Waals surface area contributed by atoms with Crippen molar-refractivity contribution in [2.75, 3.05) is 7.11 Å². The van der Waals surface area contributed by atoms with Crippen molar-refractivity contribution in [1.82, 2.24) is 5.43 Å². The van der Waals surface area contributed by atoms with Crippen molar-refractivity contribution in [1.29, 1.82) is 0 Å². The zero-order valence-electron chi connectivity index (χ0n) is 16.5. The smallest absolute Gasteiger partial charge is 0.335 e. The minimum atomic E-state index is -0.989. The lowest BCUT2D eigenvalue weighted by Crippen LogP contribution is -2.18. The predicted octanol–water partition coefficient (Wildman–Crippen LogP) is 3.88. The molecule has 1 amide bonds. The van der Waals surface area contributed by atoms with Crippen LogP contribution in [0.4, 0.5) is 4.39 Å². The Morgan fingerprint density at radius 3 is 2.48 bits per heavy atom. The Morgan fingerprint density at radius 2 is 1.81 bits per heavy atom. The molecule has 0 saturated heterocycles. The number of nitrogens with one attached hydrogen (secondary N) is 1. The Bertz CT molecular complexity index is 1110. The van der Waals surface area contributed by atoms with Crippen molar-refractivity contribution in [2.45, 2.75) is 6.61 Å². The highest BCUT2D eigenvalue weighted by Gasteiger charge is 2.10. The fraction of sp³-hybridized carbons (Fsp3) is 0.0870. The fourth-order valence-electron chi connectivity index (χ4n) is 2.66. The zero-order chi connectivity index (χ0) is 22.2. The summed E-state index contributed by atoms with van der Waals surface area (Å²) >= 11 is 0. The van der Waals surface area contributed by atoms with Crippen LogP contribution in [0.15, 0.2) is 71.8 Å². The summed E-state index contributed by atoms with van der Waals surface area (Å²) in [5, 5.41) is 12.8. The van der Waals surface area contributed by atoms with Crippen LogP contribution >= 0.6 is 0 Å². The number of nitrogens with zero attached hydrogens (tertiary/aromatic N) is 1. The van der Waals surface area contributed by atoms with E-state index >= 15 is 0 Å². The molecule has 0 bridgehead atoms. The van der Waals surface area contributed by atoms with Gasteiger partial charge in [-0.1, -0.05) is 24.3 Å². The summed E-state index contributed by atoms with van der Waals surface area (Å²) in [6.07, 6.45) is 1.40. The number of amides is 1. The van der Waals surface area contributed by atoms with E-state index in [1.165, 1.54) is 43.7 Å². The molecule has 3 rings (SSSR count). The van der Waals surface area contributed by atoms with E-state index in [4.69, 9.17) is 14.6 Å². The average molecular weight is 422 g/mol. The number of rotatable bonds is 8. The summed E-state index contributed by atoms with van der Waals surface area (Å²) in [7, 11) is 1.49. The lowest BCUT2D eigenvalue weighted by molar-refractivity contribution is 0.0696. The monoisotopic (exact) mass is 422 g/mol. The minimum Gasteiger partial charge on any atom is -0.493 e. The molecule has 8 heteroatoms. The van der Waals surface area contributed by atoms with Crippen molar-refractivity contribution < 1.29 is 28.6 Å². The summed E-state index contributed by atoms with van der Waals surface area (Å²) in [5.74, 6) is -1.34. The first-order valence-electron chi connectivity index (χ1n) is 9.19. The van der Waals surface area contributed by atoms with E-state index in [1.807, 2.05) is 0 Å². The van der Waals surface area contributed by atoms with E-state index in [0.29, 0.717) is 17.1 Å². The van der Waals surface area contributed by atoms with E-state index in [9.17, 15) is 14.0 Å². The highest BCUT2D eigenvalue weighted by molar-refractivity contribution is 5.95. The highest BCUT2D eigenvalue weighted by Crippen LogP contribution is 2.28. The second-order valence-corrected chi connectivity index (χ2v) is 6.38. The molecule has 0 heterocycles. The van der Waals surface area contributed by atoms with Gasteiger partial charge in [0.15, 0.2) is 11.5 Å². The molecule has 158 valence electrons. The molecule has 2 N–H and O–H groups in total. The maximum absolute atomic E-state index is 13.6. The van der Waals surface area contributed by atoms with Crippen LogP contribution in [0.5, 0.6) is 11.5 Å². The maximum Gasteiger partial charge on any atom is 0.335 e. The van der Waals surface area contributed by atoms with Crippen molar-refractivity contribution in [2.24, 2.45) is 5.10 Å². The number of hydrazone groups is 1. The zero-order valence-corrected chi connectivity index (χ0v) is 16.5. The molecule has 3 aromatic carbocycles. The van der Waals surface area contributed by atoms with Crippen LogP contribution in [0.25, 0.3) is 0 Å². The second-order valence-electron chi connectivity index (χ2n) is 6.38. The van der Waals surface area contributed by atoms with E-state index in [0.717, 1.165) is 5.56 Å². The Labute approximate surface area is 177 Å². The quantitative estimate of drug-likeness (QED) is 0.424. The van der Waals surface area contributed by atoms with Crippen LogP contribution in [0.1, 0.15) is 31.8 Å². The number of carboxylic acids is 1. The van der Waals surface area contributed by atoms with Gasteiger partial charge in [-0.3, -0.25) is 4.79 Å². The summed E-state index contributed by atoms with van der Waals surface area (Å²) < 4.78 is 24.7. The van der Waals surface area contributed by atoms with Gasteiger partial charge in [-0.15, -0.1) is 0 Å². The van der Waals surface area contributed by atoms with Crippen molar-refractivity contribution in [3.05, 3.63) is 94.8 Å². The molecular formula is C23H19FN2O5. The third kappa shape index (κ3) is 5.66. The standard InChI is InChI=1S/C23H19FN2O5/c1-30-21-12-16(13-25-26-22(27)18-4-2-3-5-19(18)24)8-11-20(21)31-14-15-6-9-17(10-7-15)23(28)29/h2-13H,14H2,1H3,(H,26,27)(H,28,29)/b25-13-. The largest absolute Gasteiger partial charge is 0.493 e. The number of halogens is 1. The SMILES string of the molecule is COc1cc(/C=N\NC(=O)c2ccccc2F)ccc1OCc1ccc(C(=O)O)cc1. The third-order valence-electron chi connectivity index (χ3n) is 4.28. The molecule has 0 spiro atoms. The van der Waals surface area contributed by atoms with E-state index in [-0.39, 0.29) is 17.7 Å². The summed E-state index contributed by atoms with van der Waals surface area (Å²) in [4.78, 5) is 22.9. The van der Waals surface area contributed by atoms with Crippen LogP contribution in [0.3, 0.4) is 0 Å². The number of carbonyl (C=O) groups excluding carboxylic acids is 1. The molecule has 7 nitrogen and oxygen atoms in total. The van der Waals surface area contributed by atoms with Gasteiger partial charge < -0.3 is 14.6 Å². The molecule has 0 saturated carbocycles. The second kappa shape index (κ2) is 10.0. The number of ether oxygens (including phenoxy) is 2. The Balaban J connectivity index is 1.62. The van der Waals surface area contributed by atoms with Gasteiger partial charge in [0.2, 0.25) is 0 Å². The lowest BCUT2D eigenvalue weighted by atomic mass is 10.1. The van der Waals surface area contributed by atoms with Crippen LogP contribution in [0, 0.1) is 5.82 Å². The van der Waals surface area contributed by atoms with Gasteiger partial charge in [0.25, 0.3) is 5.91 Å². The van der Waals surface area contributed by atoms with Gasteiger partial charge in [-0.05, 0) is 53.6 Å². The first-order chi connectivity index (χ1) is 15.0. The number of benzene rings is 3. The number of methoxy groups -OCH3 is 1. The molecular weight excluding hydrogens is 403 g/mol. The van der Waals surface area contributed by atoms with Gasteiger partial charge in [0.1, 0.15) is 12.4 Å². The number of aromatic carboxylic acids is 1. The Hall–Kier alpha value is -4.20. The normalized spacial score (nSPS) is 10.6. The van der Waals surface area contributed by atoms with E-state index < -0.39 is 17.7 Å². The maximum atomic E-state index is 13.6. The molecule has 0 aliphatic rings. The molecule has 0 aliphatic heterocycles. The van der Waals surface area contributed by atoms with Gasteiger partial charge in [-0.25, -0.2) is 14.6 Å².